The van der Waals surface area contributed by atoms with Gasteiger partial charge in [-0.3, -0.25) is 9.69 Å². The van der Waals surface area contributed by atoms with Crippen molar-refractivity contribution in [2.24, 2.45) is 11.8 Å². The number of thiophene rings is 1. The van der Waals surface area contributed by atoms with Crippen molar-refractivity contribution in [3.05, 3.63) is 26.0 Å². The summed E-state index contributed by atoms with van der Waals surface area (Å²) in [6, 6.07) is 1.63. The van der Waals surface area contributed by atoms with Crippen LogP contribution in [0.5, 0.6) is 0 Å². The number of rotatable bonds is 1. The van der Waals surface area contributed by atoms with Gasteiger partial charge in [-0.2, -0.15) is 0 Å². The maximum atomic E-state index is 13.0. The van der Waals surface area contributed by atoms with E-state index in [9.17, 15) is 9.59 Å². The molecule has 4 rings (SSSR count). The molecular weight excluding hydrogens is 442 g/mol. The highest BCUT2D eigenvalue weighted by Gasteiger charge is 2.44. The number of carbonyl (C=O) groups excluding carboxylic acids is 1. The summed E-state index contributed by atoms with van der Waals surface area (Å²) in [7, 11) is 0. The molecule has 1 saturated heterocycles. The van der Waals surface area contributed by atoms with Gasteiger partial charge in [-0.05, 0) is 67.4 Å². The molecule has 1 aliphatic heterocycles. The van der Waals surface area contributed by atoms with Crippen molar-refractivity contribution in [2.75, 3.05) is 6.54 Å². The number of amides is 1. The Labute approximate surface area is 176 Å². The fourth-order valence-corrected chi connectivity index (χ4v) is 6.05. The summed E-state index contributed by atoms with van der Waals surface area (Å²) in [5.74, 6) is 1.45. The zero-order valence-electron chi connectivity index (χ0n) is 16.5. The molecule has 28 heavy (non-hydrogen) atoms. The number of ether oxygens (including phenoxy) is 1. The molecule has 1 N–H and O–H groups in total. The molecule has 8 heteroatoms. The molecule has 2 aliphatic rings. The van der Waals surface area contributed by atoms with Gasteiger partial charge in [0, 0.05) is 6.54 Å². The summed E-state index contributed by atoms with van der Waals surface area (Å²) >= 11 is 4.82. The third kappa shape index (κ3) is 3.85. The minimum absolute atomic E-state index is 0.141. The van der Waals surface area contributed by atoms with E-state index in [-0.39, 0.29) is 17.7 Å². The van der Waals surface area contributed by atoms with E-state index in [4.69, 9.17) is 9.72 Å². The Morgan fingerprint density at radius 1 is 1.32 bits per heavy atom. The van der Waals surface area contributed by atoms with Gasteiger partial charge in [0.1, 0.15) is 16.1 Å². The van der Waals surface area contributed by atoms with E-state index in [1.54, 1.807) is 4.90 Å². The summed E-state index contributed by atoms with van der Waals surface area (Å²) in [4.78, 5) is 35.2. The van der Waals surface area contributed by atoms with Crippen LogP contribution < -0.4 is 5.56 Å². The van der Waals surface area contributed by atoms with Gasteiger partial charge in [-0.1, -0.05) is 19.3 Å². The molecular formula is C20H26BrN3O3S. The second-order valence-corrected chi connectivity index (χ2v) is 11.3. The number of carbonyl (C=O) groups is 1. The third-order valence-electron chi connectivity index (χ3n) is 5.73. The highest BCUT2D eigenvalue weighted by molar-refractivity contribution is 9.11. The first-order valence-corrected chi connectivity index (χ1v) is 11.5. The lowest BCUT2D eigenvalue weighted by molar-refractivity contribution is -0.0219. The molecule has 152 valence electrons. The third-order valence-corrected chi connectivity index (χ3v) is 7.36. The number of aromatic amines is 1. The number of piperidine rings is 1. The van der Waals surface area contributed by atoms with E-state index in [1.807, 2.05) is 26.8 Å². The largest absolute Gasteiger partial charge is 0.444 e. The van der Waals surface area contributed by atoms with Gasteiger partial charge in [0.05, 0.1) is 15.3 Å². The van der Waals surface area contributed by atoms with E-state index >= 15 is 0 Å². The van der Waals surface area contributed by atoms with Gasteiger partial charge in [0.2, 0.25) is 0 Å². The number of H-pyrrole nitrogens is 1. The zero-order chi connectivity index (χ0) is 20.1. The van der Waals surface area contributed by atoms with Crippen molar-refractivity contribution in [1.82, 2.24) is 14.9 Å². The zero-order valence-corrected chi connectivity index (χ0v) is 18.9. The normalized spacial score (nSPS) is 25.6. The van der Waals surface area contributed by atoms with Crippen LogP contribution in [-0.4, -0.2) is 33.1 Å². The predicted octanol–water partition coefficient (Wildman–Crippen LogP) is 5.24. The molecule has 0 bridgehead atoms. The number of halogens is 1. The van der Waals surface area contributed by atoms with Crippen molar-refractivity contribution >= 4 is 43.6 Å². The number of hydrogen-bond donors (Lipinski definition) is 1. The van der Waals surface area contributed by atoms with E-state index in [0.717, 1.165) is 23.0 Å². The molecule has 3 unspecified atom stereocenters. The van der Waals surface area contributed by atoms with Crippen LogP contribution in [0, 0.1) is 11.8 Å². The SMILES string of the molecule is CC(C)(C)OC(=O)N1CCC2CCCCC2C1c1nc2cc(Br)sc2c(=O)[nH]1. The number of hydrogen-bond acceptors (Lipinski definition) is 5. The lowest BCUT2D eigenvalue weighted by Crippen LogP contribution is -2.49. The highest BCUT2D eigenvalue weighted by atomic mass is 79.9. The van der Waals surface area contributed by atoms with Crippen LogP contribution >= 0.6 is 27.3 Å². The Kier molecular flexibility index (Phi) is 5.29. The fraction of sp³-hybridized carbons (Fsp3) is 0.650. The van der Waals surface area contributed by atoms with Crippen LogP contribution in [0.2, 0.25) is 0 Å². The maximum Gasteiger partial charge on any atom is 0.410 e. The van der Waals surface area contributed by atoms with Crippen LogP contribution in [-0.2, 0) is 4.74 Å². The Bertz CT molecular complexity index is 948. The van der Waals surface area contributed by atoms with Crippen LogP contribution in [0.1, 0.15) is 64.7 Å². The molecule has 0 radical (unpaired) electrons. The van der Waals surface area contributed by atoms with E-state index < -0.39 is 5.60 Å². The number of aromatic nitrogens is 2. The van der Waals surface area contributed by atoms with Gasteiger partial charge < -0.3 is 9.72 Å². The highest BCUT2D eigenvalue weighted by Crippen LogP contribution is 2.46. The van der Waals surface area contributed by atoms with Crippen molar-refractivity contribution in [2.45, 2.75) is 64.5 Å². The molecule has 2 aromatic heterocycles. The fourth-order valence-electron chi connectivity index (χ4n) is 4.63. The Hall–Kier alpha value is -1.41. The van der Waals surface area contributed by atoms with Crippen molar-refractivity contribution < 1.29 is 9.53 Å². The summed E-state index contributed by atoms with van der Waals surface area (Å²) in [5.41, 5.74) is -0.0240. The van der Waals surface area contributed by atoms with Crippen LogP contribution in [0.15, 0.2) is 14.6 Å². The van der Waals surface area contributed by atoms with Crippen molar-refractivity contribution in [3.8, 4) is 0 Å². The number of nitrogens with zero attached hydrogens (tertiary/aromatic N) is 2. The molecule has 6 nitrogen and oxygen atoms in total. The minimum Gasteiger partial charge on any atom is -0.444 e. The topological polar surface area (TPSA) is 75.3 Å². The summed E-state index contributed by atoms with van der Waals surface area (Å²) in [6.07, 6.45) is 5.27. The standard InChI is InChI=1S/C20H26BrN3O3S/c1-20(2,3)27-19(26)24-9-8-11-6-4-5-7-12(11)15(24)17-22-13-10-14(21)28-16(13)18(25)23-17/h10-12,15H,4-9H2,1-3H3,(H,22,23,25). The molecule has 0 aromatic carbocycles. The van der Waals surface area contributed by atoms with Crippen molar-refractivity contribution in [1.29, 1.82) is 0 Å². The van der Waals surface area contributed by atoms with Crippen molar-refractivity contribution in [3.63, 3.8) is 0 Å². The molecule has 1 amide bonds. The number of likely N-dealkylation sites (tertiary alicyclic amines) is 1. The van der Waals surface area contributed by atoms with Gasteiger partial charge in [-0.15, -0.1) is 11.3 Å². The first-order chi connectivity index (χ1) is 13.2. The Balaban J connectivity index is 1.77. The molecule has 1 aliphatic carbocycles. The summed E-state index contributed by atoms with van der Waals surface area (Å²) in [5, 5.41) is 0. The van der Waals surface area contributed by atoms with E-state index in [2.05, 4.69) is 20.9 Å². The van der Waals surface area contributed by atoms with Crippen LogP contribution in [0.25, 0.3) is 10.2 Å². The molecule has 3 heterocycles. The van der Waals surface area contributed by atoms with Crippen LogP contribution in [0.3, 0.4) is 0 Å². The van der Waals surface area contributed by atoms with Crippen LogP contribution in [0.4, 0.5) is 4.79 Å². The van der Waals surface area contributed by atoms with Gasteiger partial charge in [0.15, 0.2) is 0 Å². The molecule has 1 saturated carbocycles. The molecule has 3 atom stereocenters. The Morgan fingerprint density at radius 2 is 2.07 bits per heavy atom. The first kappa shape index (κ1) is 19.9. The molecule has 2 fully saturated rings. The average Bonchev–Trinajstić information content (AvgIpc) is 3.00. The van der Waals surface area contributed by atoms with Gasteiger partial charge in [0.25, 0.3) is 5.56 Å². The monoisotopic (exact) mass is 467 g/mol. The van der Waals surface area contributed by atoms with Gasteiger partial charge >= 0.3 is 6.09 Å². The average molecular weight is 468 g/mol. The second kappa shape index (κ2) is 7.44. The second-order valence-electron chi connectivity index (χ2n) is 8.83. The van der Waals surface area contributed by atoms with Gasteiger partial charge in [-0.25, -0.2) is 9.78 Å². The molecule has 2 aromatic rings. The summed E-state index contributed by atoms with van der Waals surface area (Å²) in [6.45, 7) is 6.27. The molecule has 0 spiro atoms. The first-order valence-electron chi connectivity index (χ1n) is 9.92. The van der Waals surface area contributed by atoms with E-state index in [1.165, 1.54) is 24.2 Å². The lowest BCUT2D eigenvalue weighted by atomic mass is 9.70. The Morgan fingerprint density at radius 3 is 2.82 bits per heavy atom. The minimum atomic E-state index is -0.561. The predicted molar refractivity (Wildman–Crippen MR) is 114 cm³/mol. The van der Waals surface area contributed by atoms with E-state index in [0.29, 0.717) is 34.4 Å². The maximum absolute atomic E-state index is 13.0. The quantitative estimate of drug-likeness (QED) is 0.622. The smallest absolute Gasteiger partial charge is 0.410 e. The lowest BCUT2D eigenvalue weighted by Gasteiger charge is -2.47. The summed E-state index contributed by atoms with van der Waals surface area (Å²) < 4.78 is 7.17. The number of nitrogens with one attached hydrogen (secondary N) is 1. The number of fused-ring (bicyclic) bond motifs is 2.